The summed E-state index contributed by atoms with van der Waals surface area (Å²) >= 11 is 6.27. The minimum atomic E-state index is 0.538. The molecule has 1 rings (SSSR count). The fourth-order valence-corrected chi connectivity index (χ4v) is 2.31. The third-order valence-corrected chi connectivity index (χ3v) is 3.60. The first-order valence-corrected chi connectivity index (χ1v) is 6.76. The molecule has 0 radical (unpaired) electrons. The lowest BCUT2D eigenvalue weighted by Gasteiger charge is -2.30. The highest BCUT2D eigenvalue weighted by atomic mass is 35.5. The van der Waals surface area contributed by atoms with Crippen LogP contribution in [0.15, 0.2) is 18.2 Å². The Labute approximate surface area is 110 Å². The minimum absolute atomic E-state index is 0.538. The third kappa shape index (κ3) is 3.62. The van der Waals surface area contributed by atoms with Gasteiger partial charge in [-0.25, -0.2) is 0 Å². The molecule has 96 valence electrons. The van der Waals surface area contributed by atoms with E-state index in [-0.39, 0.29) is 0 Å². The number of nitrogens with zero attached hydrogens (tertiary/aromatic N) is 1. The van der Waals surface area contributed by atoms with Gasteiger partial charge in [-0.1, -0.05) is 24.6 Å². The van der Waals surface area contributed by atoms with Gasteiger partial charge in [0.2, 0.25) is 0 Å². The second-order valence-corrected chi connectivity index (χ2v) is 4.76. The molecular weight excluding hydrogens is 232 g/mol. The Balaban J connectivity index is 2.94. The second-order valence-electron chi connectivity index (χ2n) is 4.36. The zero-order valence-corrected chi connectivity index (χ0v) is 11.8. The maximum Gasteiger partial charge on any atom is 0.0459 e. The summed E-state index contributed by atoms with van der Waals surface area (Å²) in [7, 11) is 0. The molecule has 1 atom stereocenters. The standard InChI is InChI=1S/C14H23ClN2/c1-4-11(3)17(5-2)13-7-6-12(8-9-16)14(15)10-13/h6-7,10-11H,4-5,8-9,16H2,1-3H3. The van der Waals surface area contributed by atoms with Crippen LogP contribution in [-0.4, -0.2) is 19.1 Å². The predicted molar refractivity (Wildman–Crippen MR) is 77.0 cm³/mol. The summed E-state index contributed by atoms with van der Waals surface area (Å²) in [6.45, 7) is 8.26. The highest BCUT2D eigenvalue weighted by Gasteiger charge is 2.12. The summed E-state index contributed by atoms with van der Waals surface area (Å²) in [6, 6.07) is 6.83. The maximum atomic E-state index is 6.27. The molecule has 0 saturated carbocycles. The van der Waals surface area contributed by atoms with E-state index in [1.807, 2.05) is 0 Å². The average molecular weight is 255 g/mol. The van der Waals surface area contributed by atoms with Crippen LogP contribution in [0.5, 0.6) is 0 Å². The molecule has 0 heterocycles. The van der Waals surface area contributed by atoms with Gasteiger partial charge in [0, 0.05) is 23.3 Å². The van der Waals surface area contributed by atoms with Gasteiger partial charge in [0.25, 0.3) is 0 Å². The Morgan fingerprint density at radius 1 is 1.35 bits per heavy atom. The number of anilines is 1. The van der Waals surface area contributed by atoms with Crippen molar-refractivity contribution in [3.8, 4) is 0 Å². The van der Waals surface area contributed by atoms with E-state index in [0.717, 1.165) is 30.0 Å². The van der Waals surface area contributed by atoms with E-state index >= 15 is 0 Å². The van der Waals surface area contributed by atoms with Gasteiger partial charge in [0.15, 0.2) is 0 Å². The molecule has 1 unspecified atom stereocenters. The monoisotopic (exact) mass is 254 g/mol. The van der Waals surface area contributed by atoms with Crippen LogP contribution in [0.1, 0.15) is 32.8 Å². The van der Waals surface area contributed by atoms with Crippen LogP contribution in [0.2, 0.25) is 5.02 Å². The van der Waals surface area contributed by atoms with Crippen LogP contribution in [0.4, 0.5) is 5.69 Å². The molecule has 0 aliphatic rings. The quantitative estimate of drug-likeness (QED) is 0.842. The zero-order chi connectivity index (χ0) is 12.8. The van der Waals surface area contributed by atoms with Crippen LogP contribution < -0.4 is 10.6 Å². The van der Waals surface area contributed by atoms with Crippen molar-refractivity contribution >= 4 is 17.3 Å². The Kier molecular flexibility index (Phi) is 5.79. The number of halogens is 1. The second kappa shape index (κ2) is 6.87. The molecule has 0 spiro atoms. The molecule has 2 nitrogen and oxygen atoms in total. The van der Waals surface area contributed by atoms with Gasteiger partial charge in [-0.05, 0) is 50.9 Å². The van der Waals surface area contributed by atoms with Crippen molar-refractivity contribution in [1.29, 1.82) is 0 Å². The first kappa shape index (κ1) is 14.3. The predicted octanol–water partition coefficient (Wildman–Crippen LogP) is 3.47. The first-order valence-electron chi connectivity index (χ1n) is 6.39. The molecule has 1 aromatic rings. The summed E-state index contributed by atoms with van der Waals surface area (Å²) in [5, 5.41) is 0.828. The van der Waals surface area contributed by atoms with Crippen LogP contribution in [0, 0.1) is 0 Å². The van der Waals surface area contributed by atoms with Crippen LogP contribution >= 0.6 is 11.6 Å². The summed E-state index contributed by atoms with van der Waals surface area (Å²) < 4.78 is 0. The Morgan fingerprint density at radius 2 is 2.06 bits per heavy atom. The highest BCUT2D eigenvalue weighted by Crippen LogP contribution is 2.25. The van der Waals surface area contributed by atoms with Gasteiger partial charge >= 0.3 is 0 Å². The lowest BCUT2D eigenvalue weighted by molar-refractivity contribution is 0.630. The SMILES string of the molecule is CCC(C)N(CC)c1ccc(CCN)c(Cl)c1. The summed E-state index contributed by atoms with van der Waals surface area (Å²) in [5.41, 5.74) is 7.89. The van der Waals surface area contributed by atoms with Crippen molar-refractivity contribution in [3.05, 3.63) is 28.8 Å². The van der Waals surface area contributed by atoms with E-state index in [9.17, 15) is 0 Å². The molecule has 1 aromatic carbocycles. The van der Waals surface area contributed by atoms with Crippen molar-refractivity contribution < 1.29 is 0 Å². The molecule has 0 bridgehead atoms. The largest absolute Gasteiger partial charge is 0.369 e. The lowest BCUT2D eigenvalue weighted by Crippen LogP contribution is -2.32. The Morgan fingerprint density at radius 3 is 2.53 bits per heavy atom. The topological polar surface area (TPSA) is 29.3 Å². The van der Waals surface area contributed by atoms with Crippen LogP contribution in [0.3, 0.4) is 0 Å². The number of hydrogen-bond acceptors (Lipinski definition) is 2. The normalized spacial score (nSPS) is 12.5. The Hall–Kier alpha value is -0.730. The molecular formula is C14H23ClN2. The lowest BCUT2D eigenvalue weighted by atomic mass is 10.1. The van der Waals surface area contributed by atoms with Gasteiger partial charge in [-0.2, -0.15) is 0 Å². The molecule has 0 amide bonds. The van der Waals surface area contributed by atoms with Gasteiger partial charge in [0.1, 0.15) is 0 Å². The molecule has 0 saturated heterocycles. The van der Waals surface area contributed by atoms with Crippen LogP contribution in [0.25, 0.3) is 0 Å². The van der Waals surface area contributed by atoms with Gasteiger partial charge in [-0.15, -0.1) is 0 Å². The minimum Gasteiger partial charge on any atom is -0.369 e. The van der Waals surface area contributed by atoms with E-state index in [2.05, 4.69) is 43.9 Å². The molecule has 0 aliphatic heterocycles. The molecule has 3 heteroatoms. The zero-order valence-electron chi connectivity index (χ0n) is 11.0. The number of nitrogens with two attached hydrogens (primary N) is 1. The Bertz CT molecular complexity index is 352. The van der Waals surface area contributed by atoms with Crippen molar-refractivity contribution in [2.45, 2.75) is 39.7 Å². The summed E-state index contributed by atoms with van der Waals surface area (Å²) in [5.74, 6) is 0. The molecule has 0 aliphatic carbocycles. The number of benzene rings is 1. The van der Waals surface area contributed by atoms with Gasteiger partial charge in [-0.3, -0.25) is 0 Å². The number of rotatable bonds is 6. The van der Waals surface area contributed by atoms with Crippen molar-refractivity contribution in [3.63, 3.8) is 0 Å². The highest BCUT2D eigenvalue weighted by molar-refractivity contribution is 6.31. The average Bonchev–Trinajstić information content (AvgIpc) is 2.33. The van der Waals surface area contributed by atoms with Crippen LogP contribution in [-0.2, 0) is 6.42 Å². The smallest absolute Gasteiger partial charge is 0.0459 e. The van der Waals surface area contributed by atoms with Crippen molar-refractivity contribution in [2.75, 3.05) is 18.0 Å². The fraction of sp³-hybridized carbons (Fsp3) is 0.571. The summed E-state index contributed by atoms with van der Waals surface area (Å²) in [6.07, 6.45) is 1.98. The van der Waals surface area contributed by atoms with Gasteiger partial charge in [0.05, 0.1) is 0 Å². The third-order valence-electron chi connectivity index (χ3n) is 3.25. The van der Waals surface area contributed by atoms with Gasteiger partial charge < -0.3 is 10.6 Å². The molecule has 0 fully saturated rings. The molecule has 0 aromatic heterocycles. The molecule has 2 N–H and O–H groups in total. The molecule has 17 heavy (non-hydrogen) atoms. The number of hydrogen-bond donors (Lipinski definition) is 1. The fourth-order valence-electron chi connectivity index (χ4n) is 2.04. The first-order chi connectivity index (χ1) is 8.13. The summed E-state index contributed by atoms with van der Waals surface area (Å²) in [4.78, 5) is 2.37. The van der Waals surface area contributed by atoms with E-state index in [1.54, 1.807) is 0 Å². The van der Waals surface area contributed by atoms with E-state index in [0.29, 0.717) is 12.6 Å². The van der Waals surface area contributed by atoms with E-state index < -0.39 is 0 Å². The maximum absolute atomic E-state index is 6.27. The van der Waals surface area contributed by atoms with Crippen molar-refractivity contribution in [1.82, 2.24) is 0 Å². The van der Waals surface area contributed by atoms with E-state index in [1.165, 1.54) is 5.69 Å². The van der Waals surface area contributed by atoms with E-state index in [4.69, 9.17) is 17.3 Å². The van der Waals surface area contributed by atoms with Crippen molar-refractivity contribution in [2.24, 2.45) is 5.73 Å².